The predicted molar refractivity (Wildman–Crippen MR) is 71.4 cm³/mol. The van der Waals surface area contributed by atoms with E-state index in [1.165, 1.54) is 0 Å². The largest absolute Gasteiger partial charge is 0.480 e. The van der Waals surface area contributed by atoms with Crippen molar-refractivity contribution in [2.75, 3.05) is 19.7 Å². The highest BCUT2D eigenvalue weighted by Crippen LogP contribution is 2.30. The highest BCUT2D eigenvalue weighted by atomic mass is 79.9. The fourth-order valence-electron chi connectivity index (χ4n) is 2.03. The summed E-state index contributed by atoms with van der Waals surface area (Å²) in [6.45, 7) is 3.77. The van der Waals surface area contributed by atoms with E-state index in [0.29, 0.717) is 24.3 Å². The van der Waals surface area contributed by atoms with Crippen LogP contribution >= 0.6 is 31.9 Å². The van der Waals surface area contributed by atoms with Gasteiger partial charge in [-0.25, -0.2) is 4.79 Å². The molecule has 0 unspecified atom stereocenters. The first kappa shape index (κ1) is 14.0. The monoisotopic (exact) mass is 381 g/mol. The first-order valence-corrected chi connectivity index (χ1v) is 6.98. The molecule has 1 aliphatic rings. The van der Waals surface area contributed by atoms with E-state index in [0.717, 1.165) is 10.2 Å². The average molecular weight is 383 g/mol. The third-order valence-corrected chi connectivity index (χ3v) is 4.45. The molecule has 0 bridgehead atoms. The topological polar surface area (TPSA) is 62.9 Å². The Morgan fingerprint density at radius 1 is 1.61 bits per heavy atom. The van der Waals surface area contributed by atoms with Crippen LogP contribution in [-0.4, -0.2) is 41.3 Å². The zero-order valence-electron chi connectivity index (χ0n) is 9.78. The van der Waals surface area contributed by atoms with Gasteiger partial charge in [0.25, 0.3) is 0 Å². The summed E-state index contributed by atoms with van der Waals surface area (Å²) in [6.07, 6.45) is 0. The molecular formula is C11H13Br2NO4. The quantitative estimate of drug-likeness (QED) is 0.847. The zero-order valence-corrected chi connectivity index (χ0v) is 13.0. The standard InChI is InChI=1S/C11H13Br2NO4/c1-11(17-4-9(15)16)5-14(6-11)3-7-2-8(12)10(13)18-7/h2H,3-6H2,1H3,(H,15,16). The molecule has 0 spiro atoms. The second-order valence-corrected chi connectivity index (χ2v) is 6.19. The van der Waals surface area contributed by atoms with Crippen LogP contribution in [0.2, 0.25) is 0 Å². The van der Waals surface area contributed by atoms with Gasteiger partial charge in [-0.05, 0) is 44.8 Å². The molecule has 1 fully saturated rings. The second kappa shape index (κ2) is 5.32. The van der Waals surface area contributed by atoms with E-state index in [2.05, 4.69) is 36.8 Å². The van der Waals surface area contributed by atoms with Crippen LogP contribution in [0, 0.1) is 0 Å². The summed E-state index contributed by atoms with van der Waals surface area (Å²) in [5.41, 5.74) is -0.362. The molecule has 0 aromatic carbocycles. The highest BCUT2D eigenvalue weighted by molar-refractivity contribution is 9.13. The zero-order chi connectivity index (χ0) is 13.3. The van der Waals surface area contributed by atoms with Crippen LogP contribution in [-0.2, 0) is 16.1 Å². The van der Waals surface area contributed by atoms with Gasteiger partial charge in [0.1, 0.15) is 12.4 Å². The lowest BCUT2D eigenvalue weighted by Gasteiger charge is -2.46. The van der Waals surface area contributed by atoms with Crippen molar-refractivity contribution in [3.05, 3.63) is 21.0 Å². The highest BCUT2D eigenvalue weighted by Gasteiger charge is 2.40. The number of carboxylic acids is 1. The molecule has 0 saturated carbocycles. The summed E-state index contributed by atoms with van der Waals surface area (Å²) in [5, 5.41) is 8.57. The van der Waals surface area contributed by atoms with E-state index in [1.54, 1.807) is 0 Å². The van der Waals surface area contributed by atoms with Gasteiger partial charge >= 0.3 is 5.97 Å². The van der Waals surface area contributed by atoms with Gasteiger partial charge in [-0.15, -0.1) is 0 Å². The van der Waals surface area contributed by atoms with Crippen molar-refractivity contribution in [1.82, 2.24) is 4.90 Å². The van der Waals surface area contributed by atoms with E-state index in [1.807, 2.05) is 13.0 Å². The Morgan fingerprint density at radius 2 is 2.28 bits per heavy atom. The van der Waals surface area contributed by atoms with Crippen molar-refractivity contribution >= 4 is 37.8 Å². The Balaban J connectivity index is 1.80. The van der Waals surface area contributed by atoms with Gasteiger partial charge in [0.05, 0.1) is 16.6 Å². The van der Waals surface area contributed by atoms with Gasteiger partial charge in [0, 0.05) is 13.1 Å². The third kappa shape index (κ3) is 3.34. The van der Waals surface area contributed by atoms with Crippen LogP contribution in [0.1, 0.15) is 12.7 Å². The number of hydrogen-bond acceptors (Lipinski definition) is 4. The number of likely N-dealkylation sites (tertiary alicyclic amines) is 1. The van der Waals surface area contributed by atoms with Crippen LogP contribution in [0.4, 0.5) is 0 Å². The SMILES string of the molecule is CC1(OCC(=O)O)CN(Cc2cc(Br)c(Br)o2)C1. The predicted octanol–water partition coefficient (Wildman–Crippen LogP) is 2.48. The fraction of sp³-hybridized carbons (Fsp3) is 0.545. The summed E-state index contributed by atoms with van der Waals surface area (Å²) in [7, 11) is 0. The van der Waals surface area contributed by atoms with Crippen LogP contribution < -0.4 is 0 Å². The minimum Gasteiger partial charge on any atom is -0.480 e. The van der Waals surface area contributed by atoms with Crippen molar-refractivity contribution in [2.24, 2.45) is 0 Å². The number of carbonyl (C=O) groups is 1. The van der Waals surface area contributed by atoms with Crippen LogP contribution in [0.5, 0.6) is 0 Å². The van der Waals surface area contributed by atoms with Gasteiger partial charge in [0.15, 0.2) is 4.67 Å². The van der Waals surface area contributed by atoms with Gasteiger partial charge in [-0.1, -0.05) is 0 Å². The molecule has 1 saturated heterocycles. The van der Waals surface area contributed by atoms with E-state index in [9.17, 15) is 4.79 Å². The number of aliphatic carboxylic acids is 1. The lowest BCUT2D eigenvalue weighted by atomic mass is 9.96. The first-order valence-electron chi connectivity index (χ1n) is 5.40. The third-order valence-electron chi connectivity index (χ3n) is 2.74. The Kier molecular flexibility index (Phi) is 4.15. The maximum absolute atomic E-state index is 10.4. The molecule has 5 nitrogen and oxygen atoms in total. The maximum atomic E-state index is 10.4. The number of hydrogen-bond donors (Lipinski definition) is 1. The normalized spacial score (nSPS) is 18.6. The number of nitrogens with zero attached hydrogens (tertiary/aromatic N) is 1. The summed E-state index contributed by atoms with van der Waals surface area (Å²) < 4.78 is 12.4. The minimum atomic E-state index is -0.937. The van der Waals surface area contributed by atoms with E-state index >= 15 is 0 Å². The van der Waals surface area contributed by atoms with Crippen molar-refractivity contribution in [2.45, 2.75) is 19.1 Å². The molecule has 1 aromatic heterocycles. The number of halogens is 2. The van der Waals surface area contributed by atoms with Gasteiger partial charge < -0.3 is 14.3 Å². The smallest absolute Gasteiger partial charge is 0.329 e. The molecule has 1 aliphatic heterocycles. The van der Waals surface area contributed by atoms with Crippen LogP contribution in [0.15, 0.2) is 19.6 Å². The van der Waals surface area contributed by atoms with E-state index < -0.39 is 5.97 Å². The number of carboxylic acid groups (broad SMARTS) is 1. The van der Waals surface area contributed by atoms with Crippen LogP contribution in [0.25, 0.3) is 0 Å². The van der Waals surface area contributed by atoms with Crippen molar-refractivity contribution in [3.63, 3.8) is 0 Å². The van der Waals surface area contributed by atoms with Gasteiger partial charge in [0.2, 0.25) is 0 Å². The minimum absolute atomic E-state index is 0.248. The molecule has 100 valence electrons. The van der Waals surface area contributed by atoms with E-state index in [-0.39, 0.29) is 12.2 Å². The summed E-state index contributed by atoms with van der Waals surface area (Å²) in [6, 6.07) is 1.91. The van der Waals surface area contributed by atoms with Crippen molar-refractivity contribution in [3.8, 4) is 0 Å². The lowest BCUT2D eigenvalue weighted by Crippen LogP contribution is -2.61. The molecule has 0 aliphatic carbocycles. The summed E-state index contributed by atoms with van der Waals surface area (Å²) in [5.74, 6) is -0.0809. The lowest BCUT2D eigenvalue weighted by molar-refractivity contribution is -0.166. The maximum Gasteiger partial charge on any atom is 0.329 e. The molecule has 0 atom stereocenters. The van der Waals surface area contributed by atoms with Crippen molar-refractivity contribution < 1.29 is 19.1 Å². The number of ether oxygens (including phenoxy) is 1. The average Bonchev–Trinajstić information content (AvgIpc) is 2.53. The van der Waals surface area contributed by atoms with Gasteiger partial charge in [-0.3, -0.25) is 4.90 Å². The fourth-order valence-corrected chi connectivity index (χ4v) is 2.69. The number of furan rings is 1. The Morgan fingerprint density at radius 3 is 2.78 bits per heavy atom. The Hall–Kier alpha value is -0.370. The molecule has 7 heteroatoms. The number of rotatable bonds is 5. The molecule has 2 heterocycles. The van der Waals surface area contributed by atoms with Gasteiger partial charge in [-0.2, -0.15) is 0 Å². The molecule has 1 N–H and O–H groups in total. The first-order chi connectivity index (χ1) is 8.38. The van der Waals surface area contributed by atoms with Crippen LogP contribution in [0.3, 0.4) is 0 Å². The van der Waals surface area contributed by atoms with Crippen molar-refractivity contribution in [1.29, 1.82) is 0 Å². The summed E-state index contributed by atoms with van der Waals surface area (Å²) >= 11 is 6.65. The molecular weight excluding hydrogens is 370 g/mol. The molecule has 0 radical (unpaired) electrons. The molecule has 18 heavy (non-hydrogen) atoms. The Labute approximate surface area is 121 Å². The summed E-state index contributed by atoms with van der Waals surface area (Å²) in [4.78, 5) is 12.6. The molecule has 0 amide bonds. The molecule has 2 rings (SSSR count). The molecule has 1 aromatic rings. The Bertz CT molecular complexity index is 434. The second-order valence-electron chi connectivity index (χ2n) is 4.61. The van der Waals surface area contributed by atoms with E-state index in [4.69, 9.17) is 14.3 Å².